The predicted molar refractivity (Wildman–Crippen MR) is 427 cm³/mol. The van der Waals surface area contributed by atoms with Crippen molar-refractivity contribution in [1.29, 1.82) is 0 Å². The minimum atomic E-state index is -5.00. The molecular formula is C85H142O17P2. The highest BCUT2D eigenvalue weighted by atomic mass is 31.2. The molecule has 0 fully saturated rings. The van der Waals surface area contributed by atoms with Crippen LogP contribution in [0.5, 0.6) is 0 Å². The summed E-state index contributed by atoms with van der Waals surface area (Å²) in [6, 6.07) is 0. The Labute approximate surface area is 630 Å². The summed E-state index contributed by atoms with van der Waals surface area (Å²) in [7, 11) is -9.99. The number of unbranched alkanes of at least 4 members (excludes halogenated alkanes) is 24. The van der Waals surface area contributed by atoms with E-state index in [1.807, 2.05) is 0 Å². The van der Waals surface area contributed by atoms with Crippen molar-refractivity contribution in [1.82, 2.24) is 0 Å². The van der Waals surface area contributed by atoms with Gasteiger partial charge in [0.25, 0.3) is 0 Å². The molecule has 0 spiro atoms. The molecule has 19 heteroatoms. The molecule has 0 aliphatic rings. The van der Waals surface area contributed by atoms with E-state index in [9.17, 15) is 43.2 Å². The number of allylic oxidation sites excluding steroid dienone is 24. The third-order valence-corrected chi connectivity index (χ3v) is 18.2. The molecule has 5 atom stereocenters. The van der Waals surface area contributed by atoms with Crippen LogP contribution in [0, 0.1) is 0 Å². The second kappa shape index (κ2) is 76.1. The Bertz CT molecular complexity index is 2540. The Morgan fingerprint density at radius 1 is 0.279 bits per heavy atom. The van der Waals surface area contributed by atoms with E-state index in [0.717, 1.165) is 180 Å². The molecule has 0 aromatic rings. The Morgan fingerprint density at radius 2 is 0.500 bits per heavy atom. The minimum Gasteiger partial charge on any atom is -0.462 e. The number of hydrogen-bond acceptors (Lipinski definition) is 15. The van der Waals surface area contributed by atoms with E-state index >= 15 is 0 Å². The fourth-order valence-corrected chi connectivity index (χ4v) is 11.8. The van der Waals surface area contributed by atoms with Gasteiger partial charge in [0.1, 0.15) is 19.3 Å². The summed E-state index contributed by atoms with van der Waals surface area (Å²) < 4.78 is 68.5. The number of phosphoric ester groups is 2. The molecular weight excluding hydrogens is 1350 g/mol. The number of aliphatic hydroxyl groups excluding tert-OH is 1. The average Bonchev–Trinajstić information content (AvgIpc) is 0.906. The van der Waals surface area contributed by atoms with Gasteiger partial charge in [-0.05, 0) is 167 Å². The average molecular weight is 1500 g/mol. The molecule has 0 aromatic heterocycles. The van der Waals surface area contributed by atoms with Crippen molar-refractivity contribution in [3.05, 3.63) is 146 Å². The summed E-state index contributed by atoms with van der Waals surface area (Å²) in [5.41, 5.74) is 0. The smallest absolute Gasteiger partial charge is 0.462 e. The fourth-order valence-electron chi connectivity index (χ4n) is 10.2. The summed E-state index contributed by atoms with van der Waals surface area (Å²) in [6.07, 6.45) is 86.8. The van der Waals surface area contributed by atoms with Crippen LogP contribution in [0.15, 0.2) is 146 Å². The number of esters is 4. The van der Waals surface area contributed by atoms with Gasteiger partial charge in [-0.2, -0.15) is 0 Å². The molecule has 0 amide bonds. The topological polar surface area (TPSA) is 237 Å². The van der Waals surface area contributed by atoms with Gasteiger partial charge >= 0.3 is 39.5 Å². The quantitative estimate of drug-likeness (QED) is 0.0169. The lowest BCUT2D eigenvalue weighted by atomic mass is 10.1. The Hall–Kier alpha value is -5.06. The molecule has 0 heterocycles. The zero-order chi connectivity index (χ0) is 76.0. The molecule has 594 valence electrons. The van der Waals surface area contributed by atoms with Gasteiger partial charge < -0.3 is 33.8 Å². The number of carbonyl (C=O) groups is 4. The summed E-state index contributed by atoms with van der Waals surface area (Å²) in [5, 5.41) is 10.6. The zero-order valence-corrected chi connectivity index (χ0v) is 66.7. The van der Waals surface area contributed by atoms with Crippen molar-refractivity contribution >= 4 is 39.5 Å². The molecule has 3 N–H and O–H groups in total. The summed E-state index contributed by atoms with van der Waals surface area (Å²) in [5.74, 6) is -2.27. The van der Waals surface area contributed by atoms with Crippen molar-refractivity contribution in [3.63, 3.8) is 0 Å². The van der Waals surface area contributed by atoms with Crippen molar-refractivity contribution < 1.29 is 80.2 Å². The molecule has 0 aliphatic carbocycles. The van der Waals surface area contributed by atoms with Gasteiger partial charge in [0, 0.05) is 25.7 Å². The molecule has 0 aromatic carbocycles. The van der Waals surface area contributed by atoms with Gasteiger partial charge in [-0.3, -0.25) is 37.3 Å². The van der Waals surface area contributed by atoms with Crippen LogP contribution in [-0.4, -0.2) is 96.7 Å². The summed E-state index contributed by atoms with van der Waals surface area (Å²) in [6.45, 7) is 4.52. The molecule has 0 radical (unpaired) electrons. The van der Waals surface area contributed by atoms with Gasteiger partial charge in [0.05, 0.1) is 26.4 Å². The molecule has 104 heavy (non-hydrogen) atoms. The molecule has 0 rings (SSSR count). The van der Waals surface area contributed by atoms with E-state index in [0.29, 0.717) is 25.7 Å². The maximum Gasteiger partial charge on any atom is 0.472 e. The first-order valence-corrected chi connectivity index (χ1v) is 43.1. The molecule has 17 nitrogen and oxygen atoms in total. The Balaban J connectivity index is 5.45. The maximum atomic E-state index is 13.1. The number of ether oxygens (including phenoxy) is 4. The first-order valence-electron chi connectivity index (χ1n) is 40.1. The van der Waals surface area contributed by atoms with E-state index in [1.165, 1.54) is 51.4 Å². The lowest BCUT2D eigenvalue weighted by molar-refractivity contribution is -0.161. The molecule has 0 bridgehead atoms. The summed E-state index contributed by atoms with van der Waals surface area (Å²) >= 11 is 0. The number of carbonyl (C=O) groups excluding carboxylic acids is 4. The van der Waals surface area contributed by atoms with Crippen molar-refractivity contribution in [2.24, 2.45) is 0 Å². The van der Waals surface area contributed by atoms with Gasteiger partial charge in [-0.1, -0.05) is 263 Å². The standard InChI is InChI=1S/C85H142O17P2/c1-5-9-13-17-21-25-29-33-35-37-39-41-43-47-50-54-58-62-66-70-83(88)96-76-81(102-85(90)72-68-64-60-56-52-48-44-42-40-38-36-34-30-26-22-18-14-10-6-2)78-100-104(93,94)98-74-79(86)73-97-103(91,92)99-77-80(101-84(89)71-67-63-59-55-51-46-32-28-24-20-16-12-8-4)75-95-82(87)69-65-61-57-53-49-45-31-27-23-19-15-11-7-3/h9-10,13-14,21-22,25-28,31-36,39-42,47-48,50,52,79-81,86H,5-8,11-12,15-20,23-24,29-30,37-38,43-46,49,51,53-78H2,1-4H3,(H,91,92)(H,93,94)/b13-9-,14-10-,25-21-,26-22-,31-27-,32-28-,35-33-,36-34-,41-39-,42-40-,50-47-,52-48-. The molecule has 0 saturated heterocycles. The largest absolute Gasteiger partial charge is 0.472 e. The van der Waals surface area contributed by atoms with Crippen molar-refractivity contribution in [2.75, 3.05) is 39.6 Å². The second-order valence-electron chi connectivity index (χ2n) is 26.2. The van der Waals surface area contributed by atoms with E-state index in [-0.39, 0.29) is 25.7 Å². The Morgan fingerprint density at radius 3 is 0.788 bits per heavy atom. The van der Waals surface area contributed by atoms with Crippen molar-refractivity contribution in [2.45, 2.75) is 329 Å². The number of rotatable bonds is 74. The van der Waals surface area contributed by atoms with Crippen LogP contribution in [0.2, 0.25) is 0 Å². The summed E-state index contributed by atoms with van der Waals surface area (Å²) in [4.78, 5) is 73.0. The van der Waals surface area contributed by atoms with Gasteiger partial charge in [-0.25, -0.2) is 9.13 Å². The van der Waals surface area contributed by atoms with E-state index in [2.05, 4.69) is 174 Å². The number of phosphoric acid groups is 2. The highest BCUT2D eigenvalue weighted by Gasteiger charge is 2.30. The van der Waals surface area contributed by atoms with Gasteiger partial charge in [-0.15, -0.1) is 0 Å². The predicted octanol–water partition coefficient (Wildman–Crippen LogP) is 23.4. The van der Waals surface area contributed by atoms with Crippen LogP contribution in [0.25, 0.3) is 0 Å². The van der Waals surface area contributed by atoms with Crippen LogP contribution >= 0.6 is 15.6 Å². The van der Waals surface area contributed by atoms with Crippen LogP contribution in [-0.2, 0) is 65.4 Å². The zero-order valence-electron chi connectivity index (χ0n) is 64.9. The monoisotopic (exact) mass is 1500 g/mol. The number of aliphatic hydroxyl groups is 1. The van der Waals surface area contributed by atoms with Gasteiger partial charge in [0.15, 0.2) is 12.2 Å². The van der Waals surface area contributed by atoms with Crippen LogP contribution < -0.4 is 0 Å². The lowest BCUT2D eigenvalue weighted by Gasteiger charge is -2.21. The molecule has 0 saturated carbocycles. The highest BCUT2D eigenvalue weighted by molar-refractivity contribution is 7.47. The Kier molecular flexibility index (Phi) is 72.4. The molecule has 5 unspecified atom stereocenters. The fraction of sp³-hybridized carbons (Fsp3) is 0.671. The molecule has 0 aliphatic heterocycles. The van der Waals surface area contributed by atoms with Crippen LogP contribution in [0.3, 0.4) is 0 Å². The highest BCUT2D eigenvalue weighted by Crippen LogP contribution is 2.45. The first-order chi connectivity index (χ1) is 50.7. The number of hydrogen-bond donors (Lipinski definition) is 3. The van der Waals surface area contributed by atoms with E-state index < -0.39 is 97.5 Å². The third-order valence-electron chi connectivity index (χ3n) is 16.3. The van der Waals surface area contributed by atoms with Crippen LogP contribution in [0.4, 0.5) is 0 Å². The van der Waals surface area contributed by atoms with E-state index in [1.54, 1.807) is 0 Å². The van der Waals surface area contributed by atoms with Crippen molar-refractivity contribution in [3.8, 4) is 0 Å². The maximum absolute atomic E-state index is 13.1. The third kappa shape index (κ3) is 75.2. The minimum absolute atomic E-state index is 0.0431. The van der Waals surface area contributed by atoms with Gasteiger partial charge in [0.2, 0.25) is 0 Å². The first kappa shape index (κ1) is 98.9. The van der Waals surface area contributed by atoms with E-state index in [4.69, 9.17) is 37.0 Å². The van der Waals surface area contributed by atoms with Crippen LogP contribution in [0.1, 0.15) is 310 Å². The second-order valence-corrected chi connectivity index (χ2v) is 29.1. The lowest BCUT2D eigenvalue weighted by Crippen LogP contribution is -2.30. The SMILES string of the molecule is CC/C=C\C/C=C\C/C=C\C/C=C\C/C=C\CCCCCC(=O)OCC(COP(=O)(O)OCC(O)COP(=O)(O)OCC(COC(=O)CCCCCCC/C=C\CCCCCC)OC(=O)CCCCCCC/C=C\CCCCCC)OC(=O)CCCCC/C=C\C/C=C\C/C=C\C/C=C\C/C=C\CC. The normalized spacial score (nSPS) is 14.6.